The highest BCUT2D eigenvalue weighted by molar-refractivity contribution is 14.0. The maximum atomic E-state index is 11.1. The van der Waals surface area contributed by atoms with Gasteiger partial charge < -0.3 is 20.7 Å². The van der Waals surface area contributed by atoms with Crippen molar-refractivity contribution < 1.29 is 9.53 Å². The first kappa shape index (κ1) is 23.7. The molecule has 3 N–H and O–H groups in total. The molecule has 0 fully saturated rings. The van der Waals surface area contributed by atoms with Crippen molar-refractivity contribution in [2.45, 2.75) is 27.3 Å². The fourth-order valence-corrected chi connectivity index (χ4v) is 2.50. The normalized spacial score (nSPS) is 10.6. The van der Waals surface area contributed by atoms with Gasteiger partial charge in [0.15, 0.2) is 5.96 Å². The van der Waals surface area contributed by atoms with Crippen molar-refractivity contribution in [2.75, 3.05) is 25.0 Å². The van der Waals surface area contributed by atoms with E-state index in [1.807, 2.05) is 37.3 Å². The van der Waals surface area contributed by atoms with Gasteiger partial charge in [0.1, 0.15) is 12.4 Å². The van der Waals surface area contributed by atoms with Gasteiger partial charge in [0.25, 0.3) is 0 Å². The highest BCUT2D eigenvalue weighted by Crippen LogP contribution is 2.17. The molecule has 152 valence electrons. The second kappa shape index (κ2) is 13.0. The molecular weight excluding hydrogens is 467 g/mol. The standard InChI is InChI=1S/C21H28N4O2.HI/c1-4-22-21(24-15-18-9-6-5-8-16(18)2)23-12-13-27-20-11-7-10-19(14-20)25-17(3)26;/h5-11,14H,4,12-13,15H2,1-3H3,(H,25,26)(H2,22,23,24);1H. The number of aryl methyl sites for hydroxylation is 1. The van der Waals surface area contributed by atoms with E-state index in [1.54, 1.807) is 6.07 Å². The molecule has 2 rings (SSSR count). The van der Waals surface area contributed by atoms with E-state index < -0.39 is 0 Å². The van der Waals surface area contributed by atoms with Crippen molar-refractivity contribution >= 4 is 41.5 Å². The Kier molecular flexibility index (Phi) is 11.0. The van der Waals surface area contributed by atoms with Crippen molar-refractivity contribution in [1.82, 2.24) is 10.6 Å². The van der Waals surface area contributed by atoms with Crippen molar-refractivity contribution in [1.29, 1.82) is 0 Å². The van der Waals surface area contributed by atoms with E-state index in [0.29, 0.717) is 25.4 Å². The summed E-state index contributed by atoms with van der Waals surface area (Å²) in [7, 11) is 0. The van der Waals surface area contributed by atoms with Gasteiger partial charge in [0.05, 0.1) is 13.1 Å². The number of amides is 1. The summed E-state index contributed by atoms with van der Waals surface area (Å²) in [6, 6.07) is 15.6. The van der Waals surface area contributed by atoms with E-state index in [2.05, 4.69) is 40.0 Å². The number of anilines is 1. The molecule has 0 spiro atoms. The van der Waals surface area contributed by atoms with E-state index in [0.717, 1.165) is 18.2 Å². The molecule has 0 bridgehead atoms. The SMILES string of the molecule is CCNC(=NCc1ccccc1C)NCCOc1cccc(NC(C)=O)c1.I. The molecule has 0 aliphatic heterocycles. The van der Waals surface area contributed by atoms with Crippen LogP contribution < -0.4 is 20.7 Å². The Morgan fingerprint density at radius 1 is 1.11 bits per heavy atom. The van der Waals surface area contributed by atoms with Gasteiger partial charge >= 0.3 is 0 Å². The number of aliphatic imine (C=N–C) groups is 1. The number of ether oxygens (including phenoxy) is 1. The fraction of sp³-hybridized carbons (Fsp3) is 0.333. The van der Waals surface area contributed by atoms with Crippen molar-refractivity contribution in [3.8, 4) is 5.75 Å². The Bertz CT molecular complexity index is 781. The smallest absolute Gasteiger partial charge is 0.221 e. The minimum Gasteiger partial charge on any atom is -0.492 e. The zero-order valence-corrected chi connectivity index (χ0v) is 18.9. The number of benzene rings is 2. The van der Waals surface area contributed by atoms with Crippen LogP contribution in [0.3, 0.4) is 0 Å². The molecule has 0 aliphatic carbocycles. The zero-order valence-electron chi connectivity index (χ0n) is 16.6. The molecule has 0 atom stereocenters. The maximum absolute atomic E-state index is 11.1. The van der Waals surface area contributed by atoms with Gasteiger partial charge in [-0.25, -0.2) is 4.99 Å². The summed E-state index contributed by atoms with van der Waals surface area (Å²) >= 11 is 0. The lowest BCUT2D eigenvalue weighted by molar-refractivity contribution is -0.114. The van der Waals surface area contributed by atoms with Crippen LogP contribution in [0.25, 0.3) is 0 Å². The number of hydrogen-bond acceptors (Lipinski definition) is 3. The zero-order chi connectivity index (χ0) is 19.5. The van der Waals surface area contributed by atoms with E-state index in [9.17, 15) is 4.79 Å². The van der Waals surface area contributed by atoms with Crippen LogP contribution in [0, 0.1) is 6.92 Å². The molecule has 0 aromatic heterocycles. The number of guanidine groups is 1. The minimum absolute atomic E-state index is 0. The second-order valence-electron chi connectivity index (χ2n) is 6.11. The monoisotopic (exact) mass is 496 g/mol. The van der Waals surface area contributed by atoms with Crippen LogP contribution >= 0.6 is 24.0 Å². The predicted molar refractivity (Wildman–Crippen MR) is 126 cm³/mol. The third kappa shape index (κ3) is 8.60. The first-order chi connectivity index (χ1) is 13.1. The summed E-state index contributed by atoms with van der Waals surface area (Å²) in [4.78, 5) is 15.8. The first-order valence-electron chi connectivity index (χ1n) is 9.15. The summed E-state index contributed by atoms with van der Waals surface area (Å²) in [5.74, 6) is 1.37. The Morgan fingerprint density at radius 3 is 2.61 bits per heavy atom. The van der Waals surface area contributed by atoms with Crippen LogP contribution in [0.2, 0.25) is 0 Å². The molecular formula is C21H29IN4O2. The number of hydrogen-bond donors (Lipinski definition) is 3. The highest BCUT2D eigenvalue weighted by atomic mass is 127. The van der Waals surface area contributed by atoms with E-state index >= 15 is 0 Å². The Morgan fingerprint density at radius 2 is 1.89 bits per heavy atom. The van der Waals surface area contributed by atoms with Gasteiger partial charge in [-0.15, -0.1) is 24.0 Å². The van der Waals surface area contributed by atoms with Gasteiger partial charge in [0.2, 0.25) is 5.91 Å². The number of nitrogens with zero attached hydrogens (tertiary/aromatic N) is 1. The largest absolute Gasteiger partial charge is 0.492 e. The molecule has 28 heavy (non-hydrogen) atoms. The molecule has 1 amide bonds. The van der Waals surface area contributed by atoms with Crippen LogP contribution in [0.5, 0.6) is 5.75 Å². The molecule has 0 saturated carbocycles. The average molecular weight is 496 g/mol. The number of nitrogens with one attached hydrogen (secondary N) is 3. The lowest BCUT2D eigenvalue weighted by atomic mass is 10.1. The molecule has 2 aromatic carbocycles. The molecule has 0 radical (unpaired) electrons. The molecule has 0 aliphatic rings. The lowest BCUT2D eigenvalue weighted by Gasteiger charge is -2.13. The molecule has 0 heterocycles. The quantitative estimate of drug-likeness (QED) is 0.226. The molecule has 0 saturated heterocycles. The third-order valence-corrected chi connectivity index (χ3v) is 3.83. The van der Waals surface area contributed by atoms with Gasteiger partial charge in [-0.05, 0) is 37.1 Å². The highest BCUT2D eigenvalue weighted by Gasteiger charge is 2.01. The summed E-state index contributed by atoms with van der Waals surface area (Å²) in [6.07, 6.45) is 0. The number of halogens is 1. The van der Waals surface area contributed by atoms with Gasteiger partial charge in [-0.2, -0.15) is 0 Å². The Labute approximate surface area is 184 Å². The average Bonchev–Trinajstić information content (AvgIpc) is 2.64. The summed E-state index contributed by atoms with van der Waals surface area (Å²) in [5, 5.41) is 9.25. The topological polar surface area (TPSA) is 74.8 Å². The van der Waals surface area contributed by atoms with Crippen LogP contribution in [-0.4, -0.2) is 31.6 Å². The summed E-state index contributed by atoms with van der Waals surface area (Å²) in [5.41, 5.74) is 3.17. The van der Waals surface area contributed by atoms with Crippen LogP contribution in [0.15, 0.2) is 53.5 Å². The van der Waals surface area contributed by atoms with E-state index in [-0.39, 0.29) is 29.9 Å². The van der Waals surface area contributed by atoms with Crippen molar-refractivity contribution in [3.05, 3.63) is 59.7 Å². The van der Waals surface area contributed by atoms with Gasteiger partial charge in [-0.3, -0.25) is 4.79 Å². The molecule has 2 aromatic rings. The molecule has 6 nitrogen and oxygen atoms in total. The molecule has 7 heteroatoms. The Hall–Kier alpha value is -2.29. The fourth-order valence-electron chi connectivity index (χ4n) is 2.50. The predicted octanol–water partition coefficient (Wildman–Crippen LogP) is 3.71. The van der Waals surface area contributed by atoms with Crippen molar-refractivity contribution in [3.63, 3.8) is 0 Å². The maximum Gasteiger partial charge on any atom is 0.221 e. The summed E-state index contributed by atoms with van der Waals surface area (Å²) < 4.78 is 5.74. The number of carbonyl (C=O) groups is 1. The Balaban J connectivity index is 0.00000392. The van der Waals surface area contributed by atoms with Gasteiger partial charge in [-0.1, -0.05) is 30.3 Å². The third-order valence-electron chi connectivity index (χ3n) is 3.83. The van der Waals surface area contributed by atoms with E-state index in [1.165, 1.54) is 18.1 Å². The second-order valence-corrected chi connectivity index (χ2v) is 6.11. The lowest BCUT2D eigenvalue weighted by Crippen LogP contribution is -2.39. The van der Waals surface area contributed by atoms with Crippen LogP contribution in [0.1, 0.15) is 25.0 Å². The van der Waals surface area contributed by atoms with Gasteiger partial charge in [0, 0.05) is 25.2 Å². The van der Waals surface area contributed by atoms with Crippen LogP contribution in [0.4, 0.5) is 5.69 Å². The number of carbonyl (C=O) groups excluding carboxylic acids is 1. The molecule has 0 unspecified atom stereocenters. The van der Waals surface area contributed by atoms with Crippen molar-refractivity contribution in [2.24, 2.45) is 4.99 Å². The minimum atomic E-state index is -0.103. The van der Waals surface area contributed by atoms with E-state index in [4.69, 9.17) is 4.74 Å². The first-order valence-corrected chi connectivity index (χ1v) is 9.15. The number of rotatable bonds is 8. The van der Waals surface area contributed by atoms with Crippen LogP contribution in [-0.2, 0) is 11.3 Å². The summed E-state index contributed by atoms with van der Waals surface area (Å²) in [6.45, 7) is 8.13.